The number of carbonyl (C=O) groups is 1. The van der Waals surface area contributed by atoms with Crippen LogP contribution in [0.1, 0.15) is 29.9 Å². The van der Waals surface area contributed by atoms with Crippen molar-refractivity contribution in [3.8, 4) is 11.1 Å². The fourth-order valence-electron chi connectivity index (χ4n) is 3.94. The second-order valence-corrected chi connectivity index (χ2v) is 6.48. The number of likely N-dealkylation sites (tertiary alicyclic amines) is 1. The third kappa shape index (κ3) is 2.47. The summed E-state index contributed by atoms with van der Waals surface area (Å²) in [6, 6.07) is 16.5. The Hall–Kier alpha value is -2.33. The number of hydrogen-bond acceptors (Lipinski definition) is 3. The molecule has 1 saturated heterocycles. The van der Waals surface area contributed by atoms with Crippen molar-refractivity contribution in [2.24, 2.45) is 0 Å². The van der Waals surface area contributed by atoms with E-state index in [1.54, 1.807) is 4.90 Å². The zero-order valence-corrected chi connectivity index (χ0v) is 13.5. The smallest absolute Gasteiger partial charge is 0.410 e. The quantitative estimate of drug-likeness (QED) is 0.942. The van der Waals surface area contributed by atoms with Gasteiger partial charge in [-0.25, -0.2) is 4.79 Å². The summed E-state index contributed by atoms with van der Waals surface area (Å²) in [5.41, 5.74) is 4.88. The lowest BCUT2D eigenvalue weighted by Gasteiger charge is -2.23. The molecule has 4 rings (SSSR count). The molecule has 1 atom stereocenters. The average Bonchev–Trinajstić information content (AvgIpc) is 3.22. The molecule has 2 aromatic rings. The molecule has 1 heterocycles. The molecule has 0 spiro atoms. The van der Waals surface area contributed by atoms with Crippen molar-refractivity contribution in [2.75, 3.05) is 19.8 Å². The van der Waals surface area contributed by atoms with Crippen molar-refractivity contribution in [2.45, 2.75) is 24.8 Å². The number of aliphatic hydroxyl groups is 1. The molecule has 124 valence electrons. The molecule has 2 aromatic carbocycles. The average molecular weight is 323 g/mol. The van der Waals surface area contributed by atoms with Crippen molar-refractivity contribution >= 4 is 6.09 Å². The first kappa shape index (κ1) is 15.2. The predicted molar refractivity (Wildman–Crippen MR) is 91.9 cm³/mol. The van der Waals surface area contributed by atoms with Gasteiger partial charge in [-0.2, -0.15) is 0 Å². The highest BCUT2D eigenvalue weighted by Crippen LogP contribution is 2.44. The maximum Gasteiger partial charge on any atom is 0.410 e. The lowest BCUT2D eigenvalue weighted by molar-refractivity contribution is 0.0826. The molecular weight excluding hydrogens is 302 g/mol. The van der Waals surface area contributed by atoms with Crippen LogP contribution in [0.15, 0.2) is 48.5 Å². The minimum absolute atomic E-state index is 0.00416. The summed E-state index contributed by atoms with van der Waals surface area (Å²) in [5, 5.41) is 9.38. The Morgan fingerprint density at radius 2 is 1.71 bits per heavy atom. The summed E-state index contributed by atoms with van der Waals surface area (Å²) in [5.74, 6) is 0.0801. The van der Waals surface area contributed by atoms with Gasteiger partial charge in [0.25, 0.3) is 0 Å². The molecule has 24 heavy (non-hydrogen) atoms. The molecule has 1 amide bonds. The van der Waals surface area contributed by atoms with Gasteiger partial charge < -0.3 is 14.7 Å². The highest BCUT2D eigenvalue weighted by atomic mass is 16.6. The first-order valence-corrected chi connectivity index (χ1v) is 8.52. The number of carbonyl (C=O) groups excluding carboxylic acids is 1. The Kier molecular flexibility index (Phi) is 3.98. The summed E-state index contributed by atoms with van der Waals surface area (Å²) in [4.78, 5) is 14.0. The van der Waals surface area contributed by atoms with E-state index < -0.39 is 0 Å². The normalized spacial score (nSPS) is 19.2. The summed E-state index contributed by atoms with van der Waals surface area (Å²) >= 11 is 0. The number of benzene rings is 2. The zero-order chi connectivity index (χ0) is 16.5. The minimum Gasteiger partial charge on any atom is -0.448 e. The van der Waals surface area contributed by atoms with Crippen LogP contribution in [0, 0.1) is 0 Å². The second-order valence-electron chi connectivity index (χ2n) is 6.48. The van der Waals surface area contributed by atoms with Crippen molar-refractivity contribution < 1.29 is 14.6 Å². The van der Waals surface area contributed by atoms with Crippen LogP contribution >= 0.6 is 0 Å². The molecule has 1 fully saturated rings. The molecule has 0 unspecified atom stereocenters. The highest BCUT2D eigenvalue weighted by molar-refractivity contribution is 5.79. The van der Waals surface area contributed by atoms with Crippen LogP contribution < -0.4 is 0 Å². The SMILES string of the molecule is O=C(OCC1c2ccccc2-c2ccccc21)N1CCC[C@@H]1CO. The molecular formula is C20H21NO3. The Morgan fingerprint density at radius 1 is 1.08 bits per heavy atom. The molecule has 1 N–H and O–H groups in total. The van der Waals surface area contributed by atoms with Crippen LogP contribution in [0.25, 0.3) is 11.1 Å². The fraction of sp³-hybridized carbons (Fsp3) is 0.350. The Morgan fingerprint density at radius 3 is 2.33 bits per heavy atom. The Balaban J connectivity index is 1.54. The third-order valence-electron chi connectivity index (χ3n) is 5.16. The number of hydrogen-bond donors (Lipinski definition) is 1. The number of aliphatic hydroxyl groups excluding tert-OH is 1. The zero-order valence-electron chi connectivity index (χ0n) is 13.5. The van der Waals surface area contributed by atoms with E-state index in [1.807, 2.05) is 24.3 Å². The lowest BCUT2D eigenvalue weighted by Crippen LogP contribution is -2.38. The van der Waals surface area contributed by atoms with Crippen LogP contribution in [0.3, 0.4) is 0 Å². The highest BCUT2D eigenvalue weighted by Gasteiger charge is 2.32. The molecule has 0 saturated carbocycles. The van der Waals surface area contributed by atoms with E-state index in [2.05, 4.69) is 24.3 Å². The van der Waals surface area contributed by atoms with Crippen molar-refractivity contribution in [1.82, 2.24) is 4.90 Å². The molecule has 0 bridgehead atoms. The van der Waals surface area contributed by atoms with Crippen LogP contribution in [-0.2, 0) is 4.74 Å². The number of nitrogens with zero attached hydrogens (tertiary/aromatic N) is 1. The van der Waals surface area contributed by atoms with E-state index in [0.717, 1.165) is 12.8 Å². The summed E-state index contributed by atoms with van der Waals surface area (Å²) in [6.07, 6.45) is 1.46. The Labute approximate surface area is 141 Å². The minimum atomic E-state index is -0.312. The van der Waals surface area contributed by atoms with Crippen molar-refractivity contribution in [3.05, 3.63) is 59.7 Å². The standard InChI is InChI=1S/C20H21NO3/c22-12-14-6-5-11-21(14)20(23)24-13-19-17-9-3-1-7-15(17)16-8-2-4-10-18(16)19/h1-4,7-10,14,19,22H,5-6,11-13H2/t14-/m1/s1. The van der Waals surface area contributed by atoms with Crippen molar-refractivity contribution in [1.29, 1.82) is 0 Å². The van der Waals surface area contributed by atoms with Gasteiger partial charge in [0.2, 0.25) is 0 Å². The van der Waals surface area contributed by atoms with Gasteiger partial charge in [0, 0.05) is 12.5 Å². The number of fused-ring (bicyclic) bond motifs is 3. The second kappa shape index (κ2) is 6.29. The van der Waals surface area contributed by atoms with Gasteiger partial charge >= 0.3 is 6.09 Å². The van der Waals surface area contributed by atoms with Crippen LogP contribution in [-0.4, -0.2) is 41.9 Å². The van der Waals surface area contributed by atoms with Gasteiger partial charge in [-0.15, -0.1) is 0 Å². The maximum atomic E-state index is 12.4. The largest absolute Gasteiger partial charge is 0.448 e. The van der Waals surface area contributed by atoms with Gasteiger partial charge in [-0.1, -0.05) is 48.5 Å². The van der Waals surface area contributed by atoms with E-state index in [9.17, 15) is 9.90 Å². The van der Waals surface area contributed by atoms with E-state index >= 15 is 0 Å². The summed E-state index contributed by atoms with van der Waals surface area (Å²) < 4.78 is 5.63. The molecule has 1 aliphatic carbocycles. The maximum absolute atomic E-state index is 12.4. The first-order valence-electron chi connectivity index (χ1n) is 8.52. The van der Waals surface area contributed by atoms with Gasteiger partial charge in [-0.05, 0) is 35.1 Å². The summed E-state index contributed by atoms with van der Waals surface area (Å²) in [7, 11) is 0. The van der Waals surface area contributed by atoms with Crippen molar-refractivity contribution in [3.63, 3.8) is 0 Å². The predicted octanol–water partition coefficient (Wildman–Crippen LogP) is 3.39. The molecule has 2 aliphatic rings. The van der Waals surface area contributed by atoms with Crippen LogP contribution in [0.4, 0.5) is 4.79 Å². The fourth-order valence-corrected chi connectivity index (χ4v) is 3.94. The van der Waals surface area contributed by atoms with Gasteiger partial charge in [0.15, 0.2) is 0 Å². The topological polar surface area (TPSA) is 49.8 Å². The van der Waals surface area contributed by atoms with Gasteiger partial charge in [0.1, 0.15) is 6.61 Å². The van der Waals surface area contributed by atoms with Crippen LogP contribution in [0.2, 0.25) is 0 Å². The molecule has 4 nitrogen and oxygen atoms in total. The van der Waals surface area contributed by atoms with Crippen LogP contribution in [0.5, 0.6) is 0 Å². The Bertz CT molecular complexity index is 713. The number of rotatable bonds is 3. The molecule has 0 radical (unpaired) electrons. The lowest BCUT2D eigenvalue weighted by atomic mass is 9.98. The van der Waals surface area contributed by atoms with Gasteiger partial charge in [0.05, 0.1) is 12.6 Å². The first-order chi connectivity index (χ1) is 11.8. The monoisotopic (exact) mass is 323 g/mol. The number of amides is 1. The van der Waals surface area contributed by atoms with E-state index in [0.29, 0.717) is 13.2 Å². The molecule has 4 heteroatoms. The third-order valence-corrected chi connectivity index (χ3v) is 5.16. The molecule has 1 aliphatic heterocycles. The number of ether oxygens (including phenoxy) is 1. The summed E-state index contributed by atoms with van der Waals surface area (Å²) in [6.45, 7) is 1.01. The van der Waals surface area contributed by atoms with E-state index in [4.69, 9.17) is 4.74 Å². The molecule has 0 aromatic heterocycles. The van der Waals surface area contributed by atoms with Gasteiger partial charge in [-0.3, -0.25) is 0 Å². The van der Waals surface area contributed by atoms with E-state index in [-0.39, 0.29) is 24.7 Å². The van der Waals surface area contributed by atoms with E-state index in [1.165, 1.54) is 22.3 Å².